The Balaban J connectivity index is 1.73. The van der Waals surface area contributed by atoms with E-state index >= 15 is 0 Å². The molecule has 1 N–H and O–H groups in total. The fourth-order valence-corrected chi connectivity index (χ4v) is 4.68. The van der Waals surface area contributed by atoms with Crippen LogP contribution in [0.4, 0.5) is 5.69 Å². The first kappa shape index (κ1) is 21.3. The van der Waals surface area contributed by atoms with E-state index < -0.39 is 10.0 Å². The van der Waals surface area contributed by atoms with Gasteiger partial charge in [-0.05, 0) is 48.7 Å². The molecule has 2 aromatic rings. The van der Waals surface area contributed by atoms with Crippen molar-refractivity contribution in [1.82, 2.24) is 4.31 Å². The number of hydrogen-bond donors (Lipinski definition) is 1. The predicted octanol–water partition coefficient (Wildman–Crippen LogP) is 2.60. The van der Waals surface area contributed by atoms with E-state index in [0.717, 1.165) is 11.3 Å². The normalized spacial score (nSPS) is 15.1. The molecular formula is C21H26N2O5S. The molecule has 0 aliphatic carbocycles. The Labute approximate surface area is 171 Å². The summed E-state index contributed by atoms with van der Waals surface area (Å²) in [6.45, 7) is 3.38. The number of aryl methyl sites for hydroxylation is 2. The molecular weight excluding hydrogens is 392 g/mol. The van der Waals surface area contributed by atoms with E-state index in [0.29, 0.717) is 44.0 Å². The average molecular weight is 419 g/mol. The quantitative estimate of drug-likeness (QED) is 0.747. The maximum atomic E-state index is 12.9. The number of hydrogen-bond acceptors (Lipinski definition) is 5. The van der Waals surface area contributed by atoms with Crippen LogP contribution in [0, 0.1) is 6.92 Å². The van der Waals surface area contributed by atoms with Crippen molar-refractivity contribution in [2.45, 2.75) is 24.7 Å². The number of rotatable bonds is 7. The van der Waals surface area contributed by atoms with Crippen molar-refractivity contribution in [2.75, 3.05) is 38.7 Å². The van der Waals surface area contributed by atoms with Crippen LogP contribution in [0.2, 0.25) is 0 Å². The molecule has 3 rings (SSSR count). The zero-order valence-electron chi connectivity index (χ0n) is 16.7. The summed E-state index contributed by atoms with van der Waals surface area (Å²) in [6, 6.07) is 12.3. The Morgan fingerprint density at radius 2 is 1.90 bits per heavy atom. The molecule has 0 saturated carbocycles. The molecule has 0 atom stereocenters. The molecule has 2 aromatic carbocycles. The Bertz CT molecular complexity index is 969. The second kappa shape index (κ2) is 9.39. The lowest BCUT2D eigenvalue weighted by molar-refractivity contribution is -0.116. The lowest BCUT2D eigenvalue weighted by atomic mass is 10.1. The Hall–Kier alpha value is -2.42. The van der Waals surface area contributed by atoms with E-state index in [-0.39, 0.29) is 17.2 Å². The van der Waals surface area contributed by atoms with E-state index in [1.807, 2.05) is 31.2 Å². The molecule has 1 heterocycles. The minimum atomic E-state index is -3.61. The van der Waals surface area contributed by atoms with Gasteiger partial charge in [0, 0.05) is 25.2 Å². The summed E-state index contributed by atoms with van der Waals surface area (Å²) in [7, 11) is -2.07. The Morgan fingerprint density at radius 3 is 2.59 bits per heavy atom. The highest BCUT2D eigenvalue weighted by Crippen LogP contribution is 2.26. The van der Waals surface area contributed by atoms with Gasteiger partial charge in [0.15, 0.2) is 0 Å². The molecule has 156 valence electrons. The zero-order valence-corrected chi connectivity index (χ0v) is 17.5. The van der Waals surface area contributed by atoms with Gasteiger partial charge in [0.25, 0.3) is 0 Å². The molecule has 1 amide bonds. The summed E-state index contributed by atoms with van der Waals surface area (Å²) in [5.41, 5.74) is 2.44. The highest BCUT2D eigenvalue weighted by molar-refractivity contribution is 7.89. The second-order valence-corrected chi connectivity index (χ2v) is 8.79. The Morgan fingerprint density at radius 1 is 1.17 bits per heavy atom. The molecule has 0 spiro atoms. The van der Waals surface area contributed by atoms with E-state index in [9.17, 15) is 13.2 Å². The van der Waals surface area contributed by atoms with Gasteiger partial charge >= 0.3 is 0 Å². The van der Waals surface area contributed by atoms with Crippen molar-refractivity contribution in [3.8, 4) is 5.75 Å². The molecule has 7 nitrogen and oxygen atoms in total. The SMILES string of the molecule is COc1ccc(S(=O)(=O)N2CCOCC2)cc1CCC(=O)Nc1ccccc1C. The summed E-state index contributed by atoms with van der Waals surface area (Å²) in [4.78, 5) is 12.6. The molecule has 0 unspecified atom stereocenters. The second-order valence-electron chi connectivity index (χ2n) is 6.85. The third-order valence-corrected chi connectivity index (χ3v) is 6.79. The number of amides is 1. The van der Waals surface area contributed by atoms with Gasteiger partial charge in [0.2, 0.25) is 15.9 Å². The number of benzene rings is 2. The molecule has 1 aliphatic rings. The molecule has 0 bridgehead atoms. The van der Waals surface area contributed by atoms with Gasteiger partial charge in [-0.15, -0.1) is 0 Å². The van der Waals surface area contributed by atoms with Crippen molar-refractivity contribution >= 4 is 21.6 Å². The fourth-order valence-electron chi connectivity index (χ4n) is 3.22. The third kappa shape index (κ3) is 5.14. The van der Waals surface area contributed by atoms with Gasteiger partial charge in [-0.1, -0.05) is 18.2 Å². The van der Waals surface area contributed by atoms with Gasteiger partial charge in [0.05, 0.1) is 25.2 Å². The highest BCUT2D eigenvalue weighted by Gasteiger charge is 2.27. The van der Waals surface area contributed by atoms with Crippen LogP contribution in [0.25, 0.3) is 0 Å². The summed E-state index contributed by atoms with van der Waals surface area (Å²) in [5, 5.41) is 2.89. The molecule has 0 radical (unpaired) electrons. The van der Waals surface area contributed by atoms with E-state index in [2.05, 4.69) is 5.32 Å². The topological polar surface area (TPSA) is 84.9 Å². The van der Waals surface area contributed by atoms with Crippen molar-refractivity contribution in [1.29, 1.82) is 0 Å². The van der Waals surface area contributed by atoms with Gasteiger partial charge < -0.3 is 14.8 Å². The van der Waals surface area contributed by atoms with Gasteiger partial charge in [0.1, 0.15) is 5.75 Å². The van der Waals surface area contributed by atoms with Crippen molar-refractivity contribution in [2.24, 2.45) is 0 Å². The first-order chi connectivity index (χ1) is 13.9. The van der Waals surface area contributed by atoms with Crippen LogP contribution in [-0.4, -0.2) is 52.0 Å². The molecule has 1 fully saturated rings. The molecule has 0 aromatic heterocycles. The van der Waals surface area contributed by atoms with Crippen LogP contribution in [0.1, 0.15) is 17.5 Å². The van der Waals surface area contributed by atoms with Gasteiger partial charge in [-0.3, -0.25) is 4.79 Å². The lowest BCUT2D eigenvalue weighted by Gasteiger charge is -2.26. The summed E-state index contributed by atoms with van der Waals surface area (Å²) < 4.78 is 37.8. The third-order valence-electron chi connectivity index (χ3n) is 4.90. The lowest BCUT2D eigenvalue weighted by Crippen LogP contribution is -2.40. The first-order valence-corrected chi connectivity index (χ1v) is 11.0. The van der Waals surface area contributed by atoms with Crippen molar-refractivity contribution in [3.05, 3.63) is 53.6 Å². The zero-order chi connectivity index (χ0) is 20.9. The number of morpholine rings is 1. The Kier molecular flexibility index (Phi) is 6.89. The van der Waals surface area contributed by atoms with Crippen LogP contribution >= 0.6 is 0 Å². The predicted molar refractivity (Wildman–Crippen MR) is 111 cm³/mol. The number of ether oxygens (including phenoxy) is 2. The van der Waals surface area contributed by atoms with Crippen molar-refractivity contribution < 1.29 is 22.7 Å². The average Bonchev–Trinajstić information content (AvgIpc) is 2.74. The van der Waals surface area contributed by atoms with E-state index in [1.54, 1.807) is 18.2 Å². The van der Waals surface area contributed by atoms with Crippen LogP contribution < -0.4 is 10.1 Å². The van der Waals surface area contributed by atoms with Gasteiger partial charge in [-0.25, -0.2) is 8.42 Å². The summed E-state index contributed by atoms with van der Waals surface area (Å²) in [5.74, 6) is 0.428. The van der Waals surface area contributed by atoms with E-state index in [4.69, 9.17) is 9.47 Å². The number of carbonyl (C=O) groups excluding carboxylic acids is 1. The molecule has 1 aliphatic heterocycles. The minimum absolute atomic E-state index is 0.136. The van der Waals surface area contributed by atoms with Crippen LogP contribution in [-0.2, 0) is 26.0 Å². The maximum absolute atomic E-state index is 12.9. The molecule has 8 heteroatoms. The molecule has 1 saturated heterocycles. The van der Waals surface area contributed by atoms with E-state index in [1.165, 1.54) is 11.4 Å². The van der Waals surface area contributed by atoms with Crippen LogP contribution in [0.5, 0.6) is 5.75 Å². The van der Waals surface area contributed by atoms with Crippen LogP contribution in [0.3, 0.4) is 0 Å². The number of para-hydroxylation sites is 1. The largest absolute Gasteiger partial charge is 0.496 e. The summed E-state index contributed by atoms with van der Waals surface area (Å²) >= 11 is 0. The number of nitrogens with zero attached hydrogens (tertiary/aromatic N) is 1. The smallest absolute Gasteiger partial charge is 0.243 e. The number of carbonyl (C=O) groups is 1. The maximum Gasteiger partial charge on any atom is 0.243 e. The number of sulfonamides is 1. The van der Waals surface area contributed by atoms with Crippen LogP contribution in [0.15, 0.2) is 47.4 Å². The minimum Gasteiger partial charge on any atom is -0.496 e. The van der Waals surface area contributed by atoms with Crippen molar-refractivity contribution in [3.63, 3.8) is 0 Å². The molecule has 29 heavy (non-hydrogen) atoms. The summed E-state index contributed by atoms with van der Waals surface area (Å²) in [6.07, 6.45) is 0.582. The monoisotopic (exact) mass is 418 g/mol. The first-order valence-electron chi connectivity index (χ1n) is 9.52. The number of methoxy groups -OCH3 is 1. The van der Waals surface area contributed by atoms with Gasteiger partial charge in [-0.2, -0.15) is 4.31 Å². The number of nitrogens with one attached hydrogen (secondary N) is 1. The number of anilines is 1. The highest BCUT2D eigenvalue weighted by atomic mass is 32.2. The standard InChI is InChI=1S/C21H26N2O5S/c1-16-5-3-4-6-19(16)22-21(24)10-7-17-15-18(8-9-20(17)27-2)29(25,26)23-11-13-28-14-12-23/h3-6,8-9,15H,7,10-14H2,1-2H3,(H,22,24). The fraction of sp³-hybridized carbons (Fsp3) is 0.381.